The smallest absolute Gasteiger partial charge is 0.277 e. The summed E-state index contributed by atoms with van der Waals surface area (Å²) in [6.07, 6.45) is 0. The zero-order valence-electron chi connectivity index (χ0n) is 13.9. The summed E-state index contributed by atoms with van der Waals surface area (Å²) in [5, 5.41) is 11.1. The third-order valence-corrected chi connectivity index (χ3v) is 4.62. The van der Waals surface area contributed by atoms with Crippen LogP contribution in [0.3, 0.4) is 0 Å². The van der Waals surface area contributed by atoms with Crippen molar-refractivity contribution >= 4 is 39.3 Å². The SMILES string of the molecule is CCOc1ccc(NC(=O)CSc2nnc(-c3ccc(Br)cc3)o2)cc1. The first-order valence-electron chi connectivity index (χ1n) is 7.89. The lowest BCUT2D eigenvalue weighted by Gasteiger charge is -2.06. The molecular formula is C18H16BrN3O3S. The van der Waals surface area contributed by atoms with Gasteiger partial charge in [0.25, 0.3) is 5.22 Å². The van der Waals surface area contributed by atoms with E-state index in [9.17, 15) is 4.79 Å². The molecule has 1 aromatic heterocycles. The Morgan fingerprint density at radius 3 is 2.58 bits per heavy atom. The highest BCUT2D eigenvalue weighted by molar-refractivity contribution is 9.10. The van der Waals surface area contributed by atoms with Crippen LogP contribution in [0.2, 0.25) is 0 Å². The second-order valence-corrected chi connectivity index (χ2v) is 7.02. The number of hydrogen-bond donors (Lipinski definition) is 1. The molecule has 0 spiro atoms. The van der Waals surface area contributed by atoms with Crippen molar-refractivity contribution in [2.45, 2.75) is 12.1 Å². The van der Waals surface area contributed by atoms with Crippen LogP contribution in [0, 0.1) is 0 Å². The van der Waals surface area contributed by atoms with Gasteiger partial charge in [-0.05, 0) is 55.5 Å². The number of carbonyl (C=O) groups is 1. The molecule has 0 aliphatic heterocycles. The average Bonchev–Trinajstić information content (AvgIpc) is 3.11. The van der Waals surface area contributed by atoms with E-state index in [0.29, 0.717) is 23.4 Å². The molecule has 0 aliphatic rings. The molecule has 0 fully saturated rings. The Kier molecular flexibility index (Phi) is 6.30. The van der Waals surface area contributed by atoms with Crippen LogP contribution in [0.1, 0.15) is 6.92 Å². The Labute approximate surface area is 163 Å². The zero-order chi connectivity index (χ0) is 18.4. The molecule has 1 N–H and O–H groups in total. The summed E-state index contributed by atoms with van der Waals surface area (Å²) in [6, 6.07) is 14.8. The third kappa shape index (κ3) is 5.09. The summed E-state index contributed by atoms with van der Waals surface area (Å²) >= 11 is 4.57. The van der Waals surface area contributed by atoms with E-state index in [-0.39, 0.29) is 11.7 Å². The second-order valence-electron chi connectivity index (χ2n) is 5.17. The number of hydrogen-bond acceptors (Lipinski definition) is 6. The molecule has 0 saturated heterocycles. The van der Waals surface area contributed by atoms with Gasteiger partial charge in [-0.15, -0.1) is 10.2 Å². The number of thioether (sulfide) groups is 1. The quantitative estimate of drug-likeness (QED) is 0.547. The predicted molar refractivity (Wildman–Crippen MR) is 104 cm³/mol. The molecule has 6 nitrogen and oxygen atoms in total. The maximum absolute atomic E-state index is 12.1. The van der Waals surface area contributed by atoms with Crippen molar-refractivity contribution in [1.82, 2.24) is 10.2 Å². The number of ether oxygens (including phenoxy) is 1. The number of rotatable bonds is 7. The zero-order valence-corrected chi connectivity index (χ0v) is 16.3. The number of halogens is 1. The van der Waals surface area contributed by atoms with Gasteiger partial charge in [0.1, 0.15) is 5.75 Å². The van der Waals surface area contributed by atoms with Gasteiger partial charge in [0.2, 0.25) is 11.8 Å². The number of nitrogens with zero attached hydrogens (tertiary/aromatic N) is 2. The normalized spacial score (nSPS) is 10.5. The van der Waals surface area contributed by atoms with E-state index in [4.69, 9.17) is 9.15 Å². The molecule has 3 rings (SSSR count). The summed E-state index contributed by atoms with van der Waals surface area (Å²) in [6.45, 7) is 2.53. The standard InChI is InChI=1S/C18H16BrN3O3S/c1-2-24-15-9-7-14(8-10-15)20-16(23)11-26-18-22-21-17(25-18)12-3-5-13(19)6-4-12/h3-10H,2,11H2,1H3,(H,20,23). The molecule has 0 aliphatic carbocycles. The molecule has 0 unspecified atom stereocenters. The molecule has 0 saturated carbocycles. The first-order chi connectivity index (χ1) is 12.6. The Balaban J connectivity index is 1.52. The summed E-state index contributed by atoms with van der Waals surface area (Å²) in [7, 11) is 0. The molecule has 3 aromatic rings. The molecule has 134 valence electrons. The molecule has 0 atom stereocenters. The van der Waals surface area contributed by atoms with Gasteiger partial charge < -0.3 is 14.5 Å². The van der Waals surface area contributed by atoms with E-state index in [1.54, 1.807) is 12.1 Å². The number of anilines is 1. The van der Waals surface area contributed by atoms with Gasteiger partial charge in [0.15, 0.2) is 0 Å². The summed E-state index contributed by atoms with van der Waals surface area (Å²) in [5.74, 6) is 1.22. The first kappa shape index (κ1) is 18.5. The van der Waals surface area contributed by atoms with E-state index in [2.05, 4.69) is 31.4 Å². The first-order valence-corrected chi connectivity index (χ1v) is 9.67. The minimum absolute atomic E-state index is 0.150. The van der Waals surface area contributed by atoms with Gasteiger partial charge in [-0.2, -0.15) is 0 Å². The van der Waals surface area contributed by atoms with E-state index >= 15 is 0 Å². The third-order valence-electron chi connectivity index (χ3n) is 3.27. The fourth-order valence-electron chi connectivity index (χ4n) is 2.10. The minimum atomic E-state index is -0.150. The predicted octanol–water partition coefficient (Wildman–Crippen LogP) is 4.63. The van der Waals surface area contributed by atoms with Crippen molar-refractivity contribution in [2.75, 3.05) is 17.7 Å². The fourth-order valence-corrected chi connectivity index (χ4v) is 2.93. The van der Waals surface area contributed by atoms with Crippen LogP contribution < -0.4 is 10.1 Å². The largest absolute Gasteiger partial charge is 0.494 e. The van der Waals surface area contributed by atoms with E-state index in [1.807, 2.05) is 43.3 Å². The van der Waals surface area contributed by atoms with Crippen molar-refractivity contribution in [3.8, 4) is 17.2 Å². The maximum Gasteiger partial charge on any atom is 0.277 e. The molecule has 0 radical (unpaired) electrons. The lowest BCUT2D eigenvalue weighted by Crippen LogP contribution is -2.13. The van der Waals surface area contributed by atoms with Gasteiger partial charge in [0.05, 0.1) is 12.4 Å². The van der Waals surface area contributed by atoms with E-state index in [0.717, 1.165) is 15.8 Å². The number of aromatic nitrogens is 2. The molecule has 8 heteroatoms. The average molecular weight is 434 g/mol. The van der Waals surface area contributed by atoms with Gasteiger partial charge in [-0.3, -0.25) is 4.79 Å². The van der Waals surface area contributed by atoms with E-state index < -0.39 is 0 Å². The molecule has 0 bridgehead atoms. The van der Waals surface area contributed by atoms with Crippen LogP contribution in [0.5, 0.6) is 5.75 Å². The summed E-state index contributed by atoms with van der Waals surface area (Å²) < 4.78 is 11.9. The highest BCUT2D eigenvalue weighted by atomic mass is 79.9. The van der Waals surface area contributed by atoms with Gasteiger partial charge in [-0.1, -0.05) is 27.7 Å². The number of amides is 1. The highest BCUT2D eigenvalue weighted by Crippen LogP contribution is 2.24. The van der Waals surface area contributed by atoms with Crippen molar-refractivity contribution in [3.05, 3.63) is 53.0 Å². The minimum Gasteiger partial charge on any atom is -0.494 e. The van der Waals surface area contributed by atoms with Crippen LogP contribution in [0.15, 0.2) is 62.6 Å². The Morgan fingerprint density at radius 1 is 1.15 bits per heavy atom. The van der Waals surface area contributed by atoms with Crippen LogP contribution in [0.4, 0.5) is 5.69 Å². The molecule has 2 aromatic carbocycles. The van der Waals surface area contributed by atoms with Crippen LogP contribution in [-0.2, 0) is 4.79 Å². The summed E-state index contributed by atoms with van der Waals surface area (Å²) in [5.41, 5.74) is 1.53. The van der Waals surface area contributed by atoms with Crippen molar-refractivity contribution in [2.24, 2.45) is 0 Å². The lowest BCUT2D eigenvalue weighted by molar-refractivity contribution is -0.113. The Hall–Kier alpha value is -2.32. The van der Waals surface area contributed by atoms with Crippen molar-refractivity contribution in [1.29, 1.82) is 0 Å². The number of carbonyl (C=O) groups excluding carboxylic acids is 1. The highest BCUT2D eigenvalue weighted by Gasteiger charge is 2.11. The van der Waals surface area contributed by atoms with Crippen LogP contribution in [-0.4, -0.2) is 28.5 Å². The van der Waals surface area contributed by atoms with Crippen LogP contribution >= 0.6 is 27.7 Å². The monoisotopic (exact) mass is 433 g/mol. The maximum atomic E-state index is 12.1. The van der Waals surface area contributed by atoms with Gasteiger partial charge in [-0.25, -0.2) is 0 Å². The van der Waals surface area contributed by atoms with Gasteiger partial charge >= 0.3 is 0 Å². The van der Waals surface area contributed by atoms with Crippen LogP contribution in [0.25, 0.3) is 11.5 Å². The Bertz CT molecular complexity index is 866. The molecule has 1 amide bonds. The van der Waals surface area contributed by atoms with Crippen molar-refractivity contribution < 1.29 is 13.9 Å². The summed E-state index contributed by atoms with van der Waals surface area (Å²) in [4.78, 5) is 12.1. The molecule has 1 heterocycles. The molecule has 26 heavy (non-hydrogen) atoms. The second kappa shape index (κ2) is 8.86. The number of nitrogens with one attached hydrogen (secondary N) is 1. The topological polar surface area (TPSA) is 77.2 Å². The number of benzene rings is 2. The molecular weight excluding hydrogens is 418 g/mol. The Morgan fingerprint density at radius 2 is 1.88 bits per heavy atom. The lowest BCUT2D eigenvalue weighted by atomic mass is 10.2. The fraction of sp³-hybridized carbons (Fsp3) is 0.167. The van der Waals surface area contributed by atoms with E-state index in [1.165, 1.54) is 11.8 Å². The van der Waals surface area contributed by atoms with Gasteiger partial charge in [0, 0.05) is 15.7 Å². The van der Waals surface area contributed by atoms with Crippen molar-refractivity contribution in [3.63, 3.8) is 0 Å².